The number of halogens is 1. The second-order valence-electron chi connectivity index (χ2n) is 6.95. The third-order valence-corrected chi connectivity index (χ3v) is 5.34. The molecule has 1 fully saturated rings. The minimum absolute atomic E-state index is 0. The van der Waals surface area contributed by atoms with Gasteiger partial charge in [0, 0.05) is 24.7 Å². The molecule has 1 aliphatic carbocycles. The molecule has 1 unspecified atom stereocenters. The molecule has 1 aliphatic rings. The van der Waals surface area contributed by atoms with Crippen molar-refractivity contribution >= 4 is 29.3 Å². The van der Waals surface area contributed by atoms with Gasteiger partial charge in [-0.1, -0.05) is 19.3 Å². The van der Waals surface area contributed by atoms with Crippen molar-refractivity contribution in [3.8, 4) is 0 Å². The average Bonchev–Trinajstić information content (AvgIpc) is 2.67. The van der Waals surface area contributed by atoms with Gasteiger partial charge in [0.1, 0.15) is 0 Å². The van der Waals surface area contributed by atoms with Crippen LogP contribution in [0.3, 0.4) is 0 Å². The molecule has 1 heterocycles. The molecule has 2 aromatic rings. The summed E-state index contributed by atoms with van der Waals surface area (Å²) in [6, 6.07) is 4.95. The van der Waals surface area contributed by atoms with Gasteiger partial charge in [0.15, 0.2) is 0 Å². The topological polar surface area (TPSA) is 110 Å². The van der Waals surface area contributed by atoms with Crippen molar-refractivity contribution in [2.45, 2.75) is 51.6 Å². The predicted molar refractivity (Wildman–Crippen MR) is 109 cm³/mol. The highest BCUT2D eigenvalue weighted by Gasteiger charge is 2.24. The molecule has 4 N–H and O–H groups in total. The molecule has 1 saturated carbocycles. The second kappa shape index (κ2) is 9.19. The minimum atomic E-state index is -0.682. The van der Waals surface area contributed by atoms with Crippen molar-refractivity contribution in [1.29, 1.82) is 0 Å². The zero-order valence-corrected chi connectivity index (χ0v) is 16.3. The highest BCUT2D eigenvalue weighted by Crippen LogP contribution is 2.26. The van der Waals surface area contributed by atoms with Crippen LogP contribution >= 0.6 is 12.4 Å². The van der Waals surface area contributed by atoms with Crippen LogP contribution in [0, 0.1) is 5.92 Å². The van der Waals surface area contributed by atoms with Crippen molar-refractivity contribution in [3.63, 3.8) is 0 Å². The molecule has 1 aromatic carbocycles. The first-order chi connectivity index (χ1) is 12.5. The van der Waals surface area contributed by atoms with Crippen LogP contribution in [-0.4, -0.2) is 28.0 Å². The minimum Gasteiger partial charge on any atom is -0.348 e. The van der Waals surface area contributed by atoms with Gasteiger partial charge in [-0.05, 0) is 43.9 Å². The van der Waals surface area contributed by atoms with Crippen molar-refractivity contribution in [1.82, 2.24) is 14.9 Å². The number of nitrogens with two attached hydrogens (primary N) is 1. The molecule has 0 saturated heterocycles. The van der Waals surface area contributed by atoms with Crippen molar-refractivity contribution in [2.24, 2.45) is 11.7 Å². The monoisotopic (exact) mass is 394 g/mol. The van der Waals surface area contributed by atoms with Gasteiger partial charge in [-0.15, -0.1) is 12.4 Å². The summed E-state index contributed by atoms with van der Waals surface area (Å²) in [5, 5.41) is 3.05. The molecule has 1 amide bonds. The van der Waals surface area contributed by atoms with Gasteiger partial charge in [-0.25, -0.2) is 0 Å². The predicted octanol–water partition coefficient (Wildman–Crippen LogP) is 1.77. The molecular weight excluding hydrogens is 368 g/mol. The standard InChI is InChI=1S/C19H26N4O3.ClH/c1-2-23-16-9-8-13(10-14(16)21-18(25)19(23)26)17(24)22-15(11-20)12-6-4-3-5-7-12;/h8-10,12,15H,2-7,11,20H2,1H3,(H,21,25)(H,22,24);1H. The maximum Gasteiger partial charge on any atom is 0.316 e. The van der Waals surface area contributed by atoms with Crippen LogP contribution in [0.1, 0.15) is 49.4 Å². The molecule has 7 nitrogen and oxygen atoms in total. The van der Waals surface area contributed by atoms with E-state index in [1.807, 2.05) is 0 Å². The summed E-state index contributed by atoms with van der Waals surface area (Å²) in [6.07, 6.45) is 5.80. The lowest BCUT2D eigenvalue weighted by molar-refractivity contribution is 0.0915. The number of nitrogens with one attached hydrogen (secondary N) is 2. The number of benzene rings is 1. The van der Waals surface area contributed by atoms with Gasteiger partial charge in [-0.3, -0.25) is 14.4 Å². The molecule has 0 spiro atoms. The van der Waals surface area contributed by atoms with Crippen LogP contribution in [0.25, 0.3) is 11.0 Å². The third kappa shape index (κ3) is 4.42. The first kappa shape index (κ1) is 21.2. The van der Waals surface area contributed by atoms with Gasteiger partial charge < -0.3 is 20.6 Å². The highest BCUT2D eigenvalue weighted by molar-refractivity contribution is 5.97. The molecule has 0 aliphatic heterocycles. The Labute approximate surface area is 163 Å². The van der Waals surface area contributed by atoms with Gasteiger partial charge in [0.2, 0.25) is 0 Å². The first-order valence-electron chi connectivity index (χ1n) is 9.33. The van der Waals surface area contributed by atoms with E-state index >= 15 is 0 Å². The number of fused-ring (bicyclic) bond motifs is 1. The van der Waals surface area contributed by atoms with Gasteiger partial charge in [0.05, 0.1) is 11.0 Å². The Hall–Kier alpha value is -2.12. The Morgan fingerprint density at radius 1 is 1.30 bits per heavy atom. The highest BCUT2D eigenvalue weighted by atomic mass is 35.5. The van der Waals surface area contributed by atoms with E-state index in [1.54, 1.807) is 25.1 Å². The number of amides is 1. The van der Waals surface area contributed by atoms with Gasteiger partial charge in [-0.2, -0.15) is 0 Å². The zero-order valence-electron chi connectivity index (χ0n) is 15.5. The van der Waals surface area contributed by atoms with Crippen LogP contribution in [0.4, 0.5) is 0 Å². The summed E-state index contributed by atoms with van der Waals surface area (Å²) in [7, 11) is 0. The SMILES string of the molecule is CCn1c(=O)c(=O)[nH]c2cc(C(=O)NC(CN)C3CCCCC3)ccc21.Cl. The maximum absolute atomic E-state index is 12.7. The number of carbonyl (C=O) groups is 1. The van der Waals surface area contributed by atoms with Crippen LogP contribution in [0.2, 0.25) is 0 Å². The number of rotatable bonds is 5. The van der Waals surface area contributed by atoms with Gasteiger partial charge in [0.25, 0.3) is 5.91 Å². The molecule has 8 heteroatoms. The Morgan fingerprint density at radius 3 is 2.63 bits per heavy atom. The lowest BCUT2D eigenvalue weighted by atomic mass is 9.84. The molecule has 27 heavy (non-hydrogen) atoms. The second-order valence-corrected chi connectivity index (χ2v) is 6.95. The Morgan fingerprint density at radius 2 is 2.00 bits per heavy atom. The summed E-state index contributed by atoms with van der Waals surface area (Å²) in [4.78, 5) is 39.0. The zero-order chi connectivity index (χ0) is 18.7. The fraction of sp³-hybridized carbons (Fsp3) is 0.526. The number of hydrogen-bond donors (Lipinski definition) is 3. The molecular formula is C19H27ClN4O3. The lowest BCUT2D eigenvalue weighted by Crippen LogP contribution is -2.46. The molecule has 0 radical (unpaired) electrons. The fourth-order valence-corrected chi connectivity index (χ4v) is 3.89. The number of aryl methyl sites for hydroxylation is 1. The molecule has 0 bridgehead atoms. The normalized spacial score (nSPS) is 15.9. The third-order valence-electron chi connectivity index (χ3n) is 5.34. The van der Waals surface area contributed by atoms with Crippen LogP contribution in [-0.2, 0) is 6.54 Å². The number of aromatic nitrogens is 2. The van der Waals surface area contributed by atoms with E-state index in [1.165, 1.54) is 23.8 Å². The van der Waals surface area contributed by atoms with E-state index in [4.69, 9.17) is 5.73 Å². The lowest BCUT2D eigenvalue weighted by Gasteiger charge is -2.30. The van der Waals surface area contributed by atoms with Crippen molar-refractivity contribution in [2.75, 3.05) is 6.54 Å². The molecule has 148 valence electrons. The quantitative estimate of drug-likeness (QED) is 0.671. The van der Waals surface area contributed by atoms with E-state index < -0.39 is 11.1 Å². The van der Waals surface area contributed by atoms with Crippen molar-refractivity contribution < 1.29 is 4.79 Å². The molecule has 3 rings (SSSR count). The van der Waals surface area contributed by atoms with Crippen molar-refractivity contribution in [3.05, 3.63) is 44.5 Å². The van der Waals surface area contributed by atoms with Crippen LogP contribution < -0.4 is 22.2 Å². The molecule has 1 atom stereocenters. The average molecular weight is 395 g/mol. The number of H-pyrrole nitrogens is 1. The summed E-state index contributed by atoms with van der Waals surface area (Å²) >= 11 is 0. The van der Waals surface area contributed by atoms with E-state index in [9.17, 15) is 14.4 Å². The van der Waals surface area contributed by atoms with Crippen LogP contribution in [0.5, 0.6) is 0 Å². The molecule has 1 aromatic heterocycles. The van der Waals surface area contributed by atoms with Crippen LogP contribution in [0.15, 0.2) is 27.8 Å². The van der Waals surface area contributed by atoms with Gasteiger partial charge >= 0.3 is 11.1 Å². The maximum atomic E-state index is 12.7. The van der Waals surface area contributed by atoms with E-state index in [0.717, 1.165) is 12.8 Å². The fourth-order valence-electron chi connectivity index (χ4n) is 3.89. The number of carbonyl (C=O) groups excluding carboxylic acids is 1. The van der Waals surface area contributed by atoms with E-state index in [2.05, 4.69) is 10.3 Å². The van der Waals surface area contributed by atoms with E-state index in [0.29, 0.717) is 35.6 Å². The van der Waals surface area contributed by atoms with E-state index in [-0.39, 0.29) is 24.4 Å². The summed E-state index contributed by atoms with van der Waals surface area (Å²) in [5.41, 5.74) is 6.16. The Bertz CT molecular complexity index is 915. The first-order valence-corrected chi connectivity index (χ1v) is 9.33. The summed E-state index contributed by atoms with van der Waals surface area (Å²) < 4.78 is 1.40. The smallest absolute Gasteiger partial charge is 0.316 e. The number of aromatic amines is 1. The largest absolute Gasteiger partial charge is 0.348 e. The Balaban J connectivity index is 0.00000261. The summed E-state index contributed by atoms with van der Waals surface area (Å²) in [6.45, 7) is 2.61. The number of hydrogen-bond acceptors (Lipinski definition) is 4. The Kier molecular flexibility index (Phi) is 7.21. The number of nitrogens with zero attached hydrogens (tertiary/aromatic N) is 1. The summed E-state index contributed by atoms with van der Waals surface area (Å²) in [5.74, 6) is 0.214.